The molecule has 0 aliphatic carbocycles. The Bertz CT molecular complexity index is 464. The number of hydrogen-bond acceptors (Lipinski definition) is 4. The fraction of sp³-hybridized carbons (Fsp3) is 0.647. The van der Waals surface area contributed by atoms with E-state index in [0.29, 0.717) is 12.1 Å². The van der Waals surface area contributed by atoms with Gasteiger partial charge in [0.15, 0.2) is 11.5 Å². The molecule has 118 valence electrons. The molecule has 1 aromatic carbocycles. The first-order valence-corrected chi connectivity index (χ1v) is 7.78. The van der Waals surface area contributed by atoms with Crippen LogP contribution >= 0.6 is 0 Å². The molecule has 1 heterocycles. The van der Waals surface area contributed by atoms with E-state index in [0.717, 1.165) is 30.5 Å². The molecule has 0 bridgehead atoms. The van der Waals surface area contributed by atoms with Crippen LogP contribution in [0.4, 0.5) is 0 Å². The molecule has 1 aromatic rings. The molecule has 1 saturated heterocycles. The van der Waals surface area contributed by atoms with E-state index in [9.17, 15) is 0 Å². The van der Waals surface area contributed by atoms with Gasteiger partial charge in [-0.15, -0.1) is 0 Å². The average molecular weight is 292 g/mol. The van der Waals surface area contributed by atoms with Crippen molar-refractivity contribution in [2.75, 3.05) is 27.3 Å². The van der Waals surface area contributed by atoms with Gasteiger partial charge in [0.1, 0.15) is 0 Å². The number of nitrogens with two attached hydrogens (primary N) is 1. The van der Waals surface area contributed by atoms with E-state index in [2.05, 4.69) is 30.9 Å². The lowest BCUT2D eigenvalue weighted by Crippen LogP contribution is -2.47. The van der Waals surface area contributed by atoms with Gasteiger partial charge in [0.25, 0.3) is 0 Å². The van der Waals surface area contributed by atoms with Crippen molar-refractivity contribution in [2.45, 2.75) is 38.8 Å². The van der Waals surface area contributed by atoms with Crippen molar-refractivity contribution < 1.29 is 9.47 Å². The van der Waals surface area contributed by atoms with Crippen LogP contribution in [0.25, 0.3) is 0 Å². The Morgan fingerprint density at radius 2 is 2.00 bits per heavy atom. The third-order valence-electron chi connectivity index (χ3n) is 4.68. The average Bonchev–Trinajstić information content (AvgIpc) is 2.53. The first-order valence-electron chi connectivity index (χ1n) is 7.78. The zero-order chi connectivity index (χ0) is 15.4. The van der Waals surface area contributed by atoms with E-state index in [-0.39, 0.29) is 0 Å². The third-order valence-corrected chi connectivity index (χ3v) is 4.68. The second-order valence-corrected chi connectivity index (χ2v) is 6.05. The quantitative estimate of drug-likeness (QED) is 0.906. The van der Waals surface area contributed by atoms with Crippen LogP contribution in [0.3, 0.4) is 0 Å². The van der Waals surface area contributed by atoms with E-state index in [4.69, 9.17) is 15.2 Å². The van der Waals surface area contributed by atoms with Crippen molar-refractivity contribution in [1.82, 2.24) is 4.90 Å². The van der Waals surface area contributed by atoms with Crippen molar-refractivity contribution in [1.29, 1.82) is 0 Å². The Morgan fingerprint density at radius 1 is 1.29 bits per heavy atom. The maximum atomic E-state index is 5.99. The summed E-state index contributed by atoms with van der Waals surface area (Å²) in [5, 5.41) is 0. The van der Waals surface area contributed by atoms with Crippen LogP contribution in [-0.2, 0) is 0 Å². The summed E-state index contributed by atoms with van der Waals surface area (Å²) in [6.07, 6.45) is 2.43. The highest BCUT2D eigenvalue weighted by atomic mass is 16.5. The summed E-state index contributed by atoms with van der Waals surface area (Å²) in [7, 11) is 3.34. The molecule has 0 saturated carbocycles. The fourth-order valence-electron chi connectivity index (χ4n) is 3.32. The zero-order valence-corrected chi connectivity index (χ0v) is 13.6. The van der Waals surface area contributed by atoms with Crippen LogP contribution in [-0.4, -0.2) is 38.3 Å². The third kappa shape index (κ3) is 3.50. The Labute approximate surface area is 128 Å². The van der Waals surface area contributed by atoms with E-state index < -0.39 is 0 Å². The second kappa shape index (κ2) is 7.14. The van der Waals surface area contributed by atoms with Gasteiger partial charge in [0.05, 0.1) is 14.2 Å². The minimum absolute atomic E-state index is 0.339. The highest BCUT2D eigenvalue weighted by Gasteiger charge is 2.29. The monoisotopic (exact) mass is 292 g/mol. The molecule has 3 unspecified atom stereocenters. The molecule has 3 atom stereocenters. The number of hydrogen-bond donors (Lipinski definition) is 1. The first-order chi connectivity index (χ1) is 10.1. The number of likely N-dealkylation sites (tertiary alicyclic amines) is 1. The predicted molar refractivity (Wildman–Crippen MR) is 85.9 cm³/mol. The number of piperidine rings is 1. The Morgan fingerprint density at radius 3 is 2.62 bits per heavy atom. The van der Waals surface area contributed by atoms with Crippen LogP contribution < -0.4 is 15.2 Å². The molecule has 1 fully saturated rings. The molecule has 0 amide bonds. The zero-order valence-electron chi connectivity index (χ0n) is 13.6. The van der Waals surface area contributed by atoms with Crippen molar-refractivity contribution in [3.63, 3.8) is 0 Å². The van der Waals surface area contributed by atoms with Gasteiger partial charge in [-0.25, -0.2) is 0 Å². The number of rotatable bonds is 5. The number of ether oxygens (including phenoxy) is 2. The summed E-state index contributed by atoms with van der Waals surface area (Å²) in [6, 6.07) is 6.99. The van der Waals surface area contributed by atoms with Crippen LogP contribution in [0.2, 0.25) is 0 Å². The van der Waals surface area contributed by atoms with Gasteiger partial charge in [0, 0.05) is 18.6 Å². The molecule has 21 heavy (non-hydrogen) atoms. The molecule has 0 radical (unpaired) electrons. The Balaban J connectivity index is 2.20. The molecule has 2 rings (SSSR count). The smallest absolute Gasteiger partial charge is 0.161 e. The molecule has 4 nitrogen and oxygen atoms in total. The van der Waals surface area contributed by atoms with Crippen molar-refractivity contribution in [3.05, 3.63) is 23.8 Å². The van der Waals surface area contributed by atoms with Gasteiger partial charge in [0.2, 0.25) is 0 Å². The van der Waals surface area contributed by atoms with Gasteiger partial charge in [-0.3, -0.25) is 4.90 Å². The topological polar surface area (TPSA) is 47.7 Å². The highest BCUT2D eigenvalue weighted by molar-refractivity contribution is 5.43. The van der Waals surface area contributed by atoms with Crippen molar-refractivity contribution in [2.24, 2.45) is 11.7 Å². The molecule has 1 aliphatic heterocycles. The summed E-state index contributed by atoms with van der Waals surface area (Å²) in [5.41, 5.74) is 7.24. The van der Waals surface area contributed by atoms with Crippen LogP contribution in [0, 0.1) is 5.92 Å². The minimum atomic E-state index is 0.339. The molecule has 0 spiro atoms. The van der Waals surface area contributed by atoms with Crippen molar-refractivity contribution >= 4 is 0 Å². The molecular formula is C17H28N2O2. The van der Waals surface area contributed by atoms with Crippen LogP contribution in [0.1, 0.15) is 38.3 Å². The van der Waals surface area contributed by atoms with Crippen LogP contribution in [0.5, 0.6) is 11.5 Å². The fourth-order valence-corrected chi connectivity index (χ4v) is 3.32. The molecular weight excluding hydrogens is 264 g/mol. The summed E-state index contributed by atoms with van der Waals surface area (Å²) < 4.78 is 10.7. The lowest BCUT2D eigenvalue weighted by Gasteiger charge is -2.42. The lowest BCUT2D eigenvalue weighted by molar-refractivity contribution is 0.0833. The van der Waals surface area contributed by atoms with Gasteiger partial charge in [-0.05, 0) is 49.9 Å². The van der Waals surface area contributed by atoms with Crippen LogP contribution in [0.15, 0.2) is 18.2 Å². The van der Waals surface area contributed by atoms with Gasteiger partial charge >= 0.3 is 0 Å². The largest absolute Gasteiger partial charge is 0.493 e. The predicted octanol–water partition coefficient (Wildman–Crippen LogP) is 2.82. The normalized spacial score (nSPS) is 24.6. The first kappa shape index (κ1) is 16.1. The van der Waals surface area contributed by atoms with Gasteiger partial charge in [-0.1, -0.05) is 13.0 Å². The Hall–Kier alpha value is -1.26. The van der Waals surface area contributed by atoms with Gasteiger partial charge < -0.3 is 15.2 Å². The van der Waals surface area contributed by atoms with E-state index in [1.54, 1.807) is 14.2 Å². The molecule has 1 aliphatic rings. The standard InChI is InChI=1S/C17H28N2O2/c1-12-7-8-19(15(9-12)11-18)13(2)14-5-6-16(20-3)17(10-14)21-4/h5-6,10,12-13,15H,7-9,11,18H2,1-4H3. The summed E-state index contributed by atoms with van der Waals surface area (Å²) in [4.78, 5) is 2.53. The second-order valence-electron chi connectivity index (χ2n) is 6.05. The van der Waals surface area contributed by atoms with Gasteiger partial charge in [-0.2, -0.15) is 0 Å². The van der Waals surface area contributed by atoms with E-state index in [1.807, 2.05) is 6.07 Å². The molecule has 4 heteroatoms. The number of benzene rings is 1. The summed E-state index contributed by atoms with van der Waals surface area (Å²) in [5.74, 6) is 2.33. The summed E-state index contributed by atoms with van der Waals surface area (Å²) >= 11 is 0. The maximum absolute atomic E-state index is 5.99. The molecule has 2 N–H and O–H groups in total. The minimum Gasteiger partial charge on any atom is -0.493 e. The SMILES string of the molecule is COc1ccc(C(C)N2CCC(C)CC2CN)cc1OC. The maximum Gasteiger partial charge on any atom is 0.161 e. The number of methoxy groups -OCH3 is 2. The Kier molecular flexibility index (Phi) is 5.48. The number of nitrogens with zero attached hydrogens (tertiary/aromatic N) is 1. The molecule has 0 aromatic heterocycles. The lowest BCUT2D eigenvalue weighted by atomic mass is 9.90. The van der Waals surface area contributed by atoms with Crippen molar-refractivity contribution in [3.8, 4) is 11.5 Å². The van der Waals surface area contributed by atoms with E-state index >= 15 is 0 Å². The summed E-state index contributed by atoms with van der Waals surface area (Å²) in [6.45, 7) is 6.40. The van der Waals surface area contributed by atoms with E-state index in [1.165, 1.54) is 18.4 Å². The highest BCUT2D eigenvalue weighted by Crippen LogP contribution is 2.34.